The van der Waals surface area contributed by atoms with Crippen molar-refractivity contribution in [3.8, 4) is 0 Å². The predicted molar refractivity (Wildman–Crippen MR) is 87.1 cm³/mol. The molecule has 2 aromatic carbocycles. The standard InChI is InChI=1S/C18H16FN3/c19-15-3-1-2-10-4-6-13(17(10)15)14-9-11-8-12(20)5-7-16(11)22-18(14)21/h1-3,5,7-9,13H,4,6,20H2,(H2,21,22). The molecule has 0 amide bonds. The van der Waals surface area contributed by atoms with Crippen LogP contribution in [0.3, 0.4) is 0 Å². The molecule has 3 aromatic rings. The van der Waals surface area contributed by atoms with Gasteiger partial charge in [-0.25, -0.2) is 9.37 Å². The highest BCUT2D eigenvalue weighted by molar-refractivity contribution is 5.84. The Morgan fingerprint density at radius 3 is 2.82 bits per heavy atom. The van der Waals surface area contributed by atoms with Crippen LogP contribution in [0.2, 0.25) is 0 Å². The average Bonchev–Trinajstić information content (AvgIpc) is 2.92. The van der Waals surface area contributed by atoms with Crippen molar-refractivity contribution in [2.45, 2.75) is 18.8 Å². The summed E-state index contributed by atoms with van der Waals surface area (Å²) < 4.78 is 14.3. The van der Waals surface area contributed by atoms with Crippen molar-refractivity contribution < 1.29 is 4.39 Å². The van der Waals surface area contributed by atoms with E-state index in [0.29, 0.717) is 11.5 Å². The number of rotatable bonds is 1. The summed E-state index contributed by atoms with van der Waals surface area (Å²) in [5.41, 5.74) is 16.2. The van der Waals surface area contributed by atoms with Gasteiger partial charge in [0, 0.05) is 22.6 Å². The number of aromatic nitrogens is 1. The zero-order valence-corrected chi connectivity index (χ0v) is 12.0. The van der Waals surface area contributed by atoms with Crippen molar-refractivity contribution in [2.24, 2.45) is 0 Å². The smallest absolute Gasteiger partial charge is 0.127 e. The predicted octanol–water partition coefficient (Wildman–Crippen LogP) is 3.62. The van der Waals surface area contributed by atoms with E-state index < -0.39 is 0 Å². The molecule has 1 aliphatic rings. The highest BCUT2D eigenvalue weighted by atomic mass is 19.1. The molecule has 0 spiro atoms. The normalized spacial score (nSPS) is 16.9. The van der Waals surface area contributed by atoms with Crippen LogP contribution in [0.4, 0.5) is 15.9 Å². The number of aryl methyl sites for hydroxylation is 1. The second-order valence-electron chi connectivity index (χ2n) is 5.82. The molecule has 0 radical (unpaired) electrons. The topological polar surface area (TPSA) is 64.9 Å². The molecule has 0 saturated heterocycles. The number of benzene rings is 2. The summed E-state index contributed by atoms with van der Waals surface area (Å²) in [4.78, 5) is 4.46. The Hall–Kier alpha value is -2.62. The number of hydrogen-bond acceptors (Lipinski definition) is 3. The quantitative estimate of drug-likeness (QED) is 0.673. The minimum atomic E-state index is -0.160. The van der Waals surface area contributed by atoms with Crippen molar-refractivity contribution in [1.29, 1.82) is 0 Å². The van der Waals surface area contributed by atoms with E-state index in [9.17, 15) is 4.39 Å². The molecule has 0 saturated carbocycles. The number of anilines is 2. The first-order valence-electron chi connectivity index (χ1n) is 7.36. The second kappa shape index (κ2) is 4.70. The monoisotopic (exact) mass is 293 g/mol. The molecule has 1 unspecified atom stereocenters. The molecule has 0 bridgehead atoms. The molecule has 22 heavy (non-hydrogen) atoms. The molecule has 3 nitrogen and oxygen atoms in total. The van der Waals surface area contributed by atoms with Gasteiger partial charge in [-0.3, -0.25) is 0 Å². The van der Waals surface area contributed by atoms with Gasteiger partial charge in [0.25, 0.3) is 0 Å². The maximum atomic E-state index is 14.3. The molecule has 4 rings (SSSR count). The number of nitrogen functional groups attached to an aromatic ring is 2. The Kier molecular flexibility index (Phi) is 2.79. The van der Waals surface area contributed by atoms with Crippen LogP contribution in [0.25, 0.3) is 10.9 Å². The SMILES string of the molecule is Nc1ccc2nc(N)c(C3CCc4cccc(F)c43)cc2c1. The zero-order chi connectivity index (χ0) is 15.3. The molecule has 110 valence electrons. The first-order valence-corrected chi connectivity index (χ1v) is 7.36. The zero-order valence-electron chi connectivity index (χ0n) is 12.0. The van der Waals surface area contributed by atoms with Crippen LogP contribution in [0, 0.1) is 5.82 Å². The van der Waals surface area contributed by atoms with E-state index in [2.05, 4.69) is 4.98 Å². The number of fused-ring (bicyclic) bond motifs is 2. The maximum Gasteiger partial charge on any atom is 0.127 e. The third kappa shape index (κ3) is 1.91. The van der Waals surface area contributed by atoms with Gasteiger partial charge in [-0.2, -0.15) is 0 Å². The van der Waals surface area contributed by atoms with Crippen LogP contribution in [0.1, 0.15) is 29.0 Å². The maximum absolute atomic E-state index is 14.3. The van der Waals surface area contributed by atoms with Crippen LogP contribution >= 0.6 is 0 Å². The molecular formula is C18H16FN3. The van der Waals surface area contributed by atoms with Crippen molar-refractivity contribution in [3.63, 3.8) is 0 Å². The van der Waals surface area contributed by atoms with E-state index >= 15 is 0 Å². The molecule has 0 fully saturated rings. The third-order valence-corrected chi connectivity index (χ3v) is 4.47. The van der Waals surface area contributed by atoms with E-state index in [1.54, 1.807) is 12.1 Å². The molecule has 1 aromatic heterocycles. The third-order valence-electron chi connectivity index (χ3n) is 4.47. The summed E-state index contributed by atoms with van der Waals surface area (Å²) >= 11 is 0. The Morgan fingerprint density at radius 1 is 1.09 bits per heavy atom. The molecular weight excluding hydrogens is 277 g/mol. The van der Waals surface area contributed by atoms with Crippen molar-refractivity contribution in [3.05, 3.63) is 65.0 Å². The van der Waals surface area contributed by atoms with Gasteiger partial charge in [0.05, 0.1) is 5.52 Å². The molecule has 1 aliphatic carbocycles. The Balaban J connectivity index is 1.91. The van der Waals surface area contributed by atoms with Crippen molar-refractivity contribution >= 4 is 22.4 Å². The lowest BCUT2D eigenvalue weighted by Gasteiger charge is -2.16. The molecule has 1 atom stereocenters. The van der Waals surface area contributed by atoms with E-state index in [0.717, 1.165) is 40.4 Å². The lowest BCUT2D eigenvalue weighted by molar-refractivity contribution is 0.602. The highest BCUT2D eigenvalue weighted by Gasteiger charge is 2.29. The summed E-state index contributed by atoms with van der Waals surface area (Å²) in [6.45, 7) is 0. The summed E-state index contributed by atoms with van der Waals surface area (Å²) in [6.07, 6.45) is 1.72. The second-order valence-corrected chi connectivity index (χ2v) is 5.82. The van der Waals surface area contributed by atoms with Gasteiger partial charge in [0.1, 0.15) is 11.6 Å². The fourth-order valence-electron chi connectivity index (χ4n) is 3.45. The highest BCUT2D eigenvalue weighted by Crippen LogP contribution is 2.42. The van der Waals surface area contributed by atoms with E-state index in [1.165, 1.54) is 6.07 Å². The first kappa shape index (κ1) is 13.1. The largest absolute Gasteiger partial charge is 0.399 e. The Morgan fingerprint density at radius 2 is 1.95 bits per heavy atom. The number of pyridine rings is 1. The van der Waals surface area contributed by atoms with Crippen LogP contribution in [-0.4, -0.2) is 4.98 Å². The van der Waals surface area contributed by atoms with E-state index in [-0.39, 0.29) is 11.7 Å². The van der Waals surface area contributed by atoms with Gasteiger partial charge in [-0.05, 0) is 54.3 Å². The van der Waals surface area contributed by atoms with Gasteiger partial charge in [-0.1, -0.05) is 12.1 Å². The summed E-state index contributed by atoms with van der Waals surface area (Å²) in [5.74, 6) is 0.278. The van der Waals surface area contributed by atoms with Crippen LogP contribution in [-0.2, 0) is 6.42 Å². The van der Waals surface area contributed by atoms with Gasteiger partial charge in [0.2, 0.25) is 0 Å². The summed E-state index contributed by atoms with van der Waals surface area (Å²) in [7, 11) is 0. The van der Waals surface area contributed by atoms with Gasteiger partial charge in [0.15, 0.2) is 0 Å². The van der Waals surface area contributed by atoms with Crippen LogP contribution < -0.4 is 11.5 Å². The number of nitrogens with zero attached hydrogens (tertiary/aromatic N) is 1. The molecule has 4 heteroatoms. The van der Waals surface area contributed by atoms with Crippen LogP contribution in [0.15, 0.2) is 42.5 Å². The van der Waals surface area contributed by atoms with E-state index in [4.69, 9.17) is 11.5 Å². The fourth-order valence-corrected chi connectivity index (χ4v) is 3.45. The number of halogens is 1. The van der Waals surface area contributed by atoms with Gasteiger partial charge in [-0.15, -0.1) is 0 Å². The molecule has 0 aliphatic heterocycles. The van der Waals surface area contributed by atoms with Crippen molar-refractivity contribution in [2.75, 3.05) is 11.5 Å². The minimum Gasteiger partial charge on any atom is -0.399 e. The Bertz CT molecular complexity index is 889. The van der Waals surface area contributed by atoms with Crippen molar-refractivity contribution in [1.82, 2.24) is 4.98 Å². The molecule has 1 heterocycles. The molecule has 4 N–H and O–H groups in total. The average molecular weight is 293 g/mol. The summed E-state index contributed by atoms with van der Waals surface area (Å²) in [6, 6.07) is 12.8. The first-order chi connectivity index (χ1) is 10.6. The van der Waals surface area contributed by atoms with Gasteiger partial charge < -0.3 is 11.5 Å². The number of hydrogen-bond donors (Lipinski definition) is 2. The lowest BCUT2D eigenvalue weighted by atomic mass is 9.92. The number of nitrogens with two attached hydrogens (primary N) is 2. The van der Waals surface area contributed by atoms with Gasteiger partial charge >= 0.3 is 0 Å². The lowest BCUT2D eigenvalue weighted by Crippen LogP contribution is -2.05. The summed E-state index contributed by atoms with van der Waals surface area (Å²) in [5, 5.41) is 0.939. The van der Waals surface area contributed by atoms with E-state index in [1.807, 2.05) is 24.3 Å². The van der Waals surface area contributed by atoms with Crippen LogP contribution in [0.5, 0.6) is 0 Å². The Labute approximate surface area is 127 Å². The minimum absolute atomic E-state index is 0.0328. The fraction of sp³-hybridized carbons (Fsp3) is 0.167.